The molecule has 2 heterocycles. The van der Waals surface area contributed by atoms with Gasteiger partial charge in [0.2, 0.25) is 0 Å². The summed E-state index contributed by atoms with van der Waals surface area (Å²) in [5.74, 6) is 0. The van der Waals surface area contributed by atoms with Crippen LogP contribution < -0.4 is 5.32 Å². The Morgan fingerprint density at radius 1 is 1.47 bits per heavy atom. The van der Waals surface area contributed by atoms with E-state index in [-0.39, 0.29) is 5.41 Å². The number of hydrogen-bond donors (Lipinski definition) is 2. The van der Waals surface area contributed by atoms with Crippen molar-refractivity contribution in [3.05, 3.63) is 40.8 Å². The van der Waals surface area contributed by atoms with E-state index in [0.29, 0.717) is 13.1 Å². The maximum absolute atomic E-state index is 9.93. The highest BCUT2D eigenvalue weighted by molar-refractivity contribution is 7.10. The summed E-state index contributed by atoms with van der Waals surface area (Å²) in [6.07, 6.45) is 3.16. The molecule has 104 valence electrons. The lowest BCUT2D eigenvalue weighted by atomic mass is 9.91. The average Bonchev–Trinajstić information content (AvgIpc) is 3.00. The van der Waals surface area contributed by atoms with E-state index in [9.17, 15) is 5.11 Å². The summed E-state index contributed by atoms with van der Waals surface area (Å²) in [6, 6.07) is 6.10. The van der Waals surface area contributed by atoms with Crippen LogP contribution in [0.25, 0.3) is 0 Å². The molecule has 0 aromatic carbocycles. The van der Waals surface area contributed by atoms with Gasteiger partial charge in [-0.05, 0) is 17.5 Å². The summed E-state index contributed by atoms with van der Waals surface area (Å²) in [5, 5.41) is 19.5. The molecule has 0 amide bonds. The first kappa shape index (κ1) is 14.2. The minimum atomic E-state index is -0.418. The van der Waals surface area contributed by atoms with Crippen molar-refractivity contribution >= 4 is 11.3 Å². The molecule has 0 aliphatic carbocycles. The van der Waals surface area contributed by atoms with Crippen LogP contribution in [0.3, 0.4) is 0 Å². The standard InChI is InChI=1S/C14H21N3OS/c1-14(2,13-5-3-8-19-13)11-15-9-12(18)10-17-7-4-6-16-17/h3-8,12,15,18H,9-11H2,1-2H3. The normalized spacial score (nSPS) is 13.6. The molecule has 0 radical (unpaired) electrons. The van der Waals surface area contributed by atoms with Crippen molar-refractivity contribution in [3.63, 3.8) is 0 Å². The summed E-state index contributed by atoms with van der Waals surface area (Å²) in [4.78, 5) is 1.36. The van der Waals surface area contributed by atoms with Crippen LogP contribution in [0.1, 0.15) is 18.7 Å². The second-order valence-corrected chi connectivity index (χ2v) is 6.32. The van der Waals surface area contributed by atoms with Crippen LogP contribution in [0.2, 0.25) is 0 Å². The van der Waals surface area contributed by atoms with Crippen LogP contribution in [0, 0.1) is 0 Å². The Bertz CT molecular complexity index is 465. The van der Waals surface area contributed by atoms with Crippen molar-refractivity contribution in [1.82, 2.24) is 15.1 Å². The number of thiophene rings is 1. The zero-order chi connectivity index (χ0) is 13.7. The van der Waals surface area contributed by atoms with Crippen molar-refractivity contribution in [3.8, 4) is 0 Å². The first-order valence-electron chi connectivity index (χ1n) is 6.48. The monoisotopic (exact) mass is 279 g/mol. The van der Waals surface area contributed by atoms with Crippen LogP contribution in [0.5, 0.6) is 0 Å². The average molecular weight is 279 g/mol. The summed E-state index contributed by atoms with van der Waals surface area (Å²) >= 11 is 1.78. The Balaban J connectivity index is 1.74. The van der Waals surface area contributed by atoms with Gasteiger partial charge >= 0.3 is 0 Å². The Morgan fingerprint density at radius 2 is 2.32 bits per heavy atom. The number of aliphatic hydroxyl groups is 1. The molecule has 1 atom stereocenters. The van der Waals surface area contributed by atoms with Gasteiger partial charge in [0.15, 0.2) is 0 Å². The van der Waals surface area contributed by atoms with Gasteiger partial charge in [0.05, 0.1) is 12.6 Å². The van der Waals surface area contributed by atoms with Gasteiger partial charge in [-0.15, -0.1) is 11.3 Å². The molecule has 0 bridgehead atoms. The molecule has 1 unspecified atom stereocenters. The predicted octanol–water partition coefficient (Wildman–Crippen LogP) is 1.87. The molecule has 2 rings (SSSR count). The van der Waals surface area contributed by atoms with Crippen molar-refractivity contribution in [2.45, 2.75) is 31.9 Å². The van der Waals surface area contributed by atoms with E-state index in [4.69, 9.17) is 0 Å². The highest BCUT2D eigenvalue weighted by atomic mass is 32.1. The largest absolute Gasteiger partial charge is 0.390 e. The van der Waals surface area contributed by atoms with Gasteiger partial charge in [0.25, 0.3) is 0 Å². The molecule has 2 aromatic heterocycles. The van der Waals surface area contributed by atoms with E-state index in [2.05, 4.69) is 41.8 Å². The number of hydrogen-bond acceptors (Lipinski definition) is 4. The molecule has 0 saturated carbocycles. The third kappa shape index (κ3) is 4.16. The Morgan fingerprint density at radius 3 is 2.95 bits per heavy atom. The highest BCUT2D eigenvalue weighted by Gasteiger charge is 2.21. The molecule has 2 aromatic rings. The fourth-order valence-corrected chi connectivity index (χ4v) is 2.84. The van der Waals surface area contributed by atoms with Gasteiger partial charge in [-0.25, -0.2) is 0 Å². The summed E-state index contributed by atoms with van der Waals surface area (Å²) in [6.45, 7) is 6.38. The lowest BCUT2D eigenvalue weighted by Crippen LogP contribution is -2.38. The molecular weight excluding hydrogens is 258 g/mol. The van der Waals surface area contributed by atoms with Gasteiger partial charge < -0.3 is 10.4 Å². The topological polar surface area (TPSA) is 50.1 Å². The Labute approximate surface area is 118 Å². The molecule has 2 N–H and O–H groups in total. The molecule has 5 heteroatoms. The van der Waals surface area contributed by atoms with Crippen LogP contribution >= 0.6 is 11.3 Å². The number of aromatic nitrogens is 2. The number of nitrogens with one attached hydrogen (secondary N) is 1. The molecular formula is C14H21N3OS. The van der Waals surface area contributed by atoms with Gasteiger partial charge in [0, 0.05) is 35.8 Å². The van der Waals surface area contributed by atoms with Crippen molar-refractivity contribution < 1.29 is 5.11 Å². The Hall–Kier alpha value is -1.17. The lowest BCUT2D eigenvalue weighted by Gasteiger charge is -2.24. The van der Waals surface area contributed by atoms with Crippen LogP contribution in [0.15, 0.2) is 36.0 Å². The quantitative estimate of drug-likeness (QED) is 0.813. The van der Waals surface area contributed by atoms with Gasteiger partial charge in [0.1, 0.15) is 0 Å². The summed E-state index contributed by atoms with van der Waals surface area (Å²) in [7, 11) is 0. The molecule has 0 saturated heterocycles. The van der Waals surface area contributed by atoms with Gasteiger partial charge in [-0.3, -0.25) is 4.68 Å². The van der Waals surface area contributed by atoms with E-state index < -0.39 is 6.10 Å². The van der Waals surface area contributed by atoms with E-state index in [0.717, 1.165) is 6.54 Å². The van der Waals surface area contributed by atoms with Crippen LogP contribution in [0.4, 0.5) is 0 Å². The van der Waals surface area contributed by atoms with E-state index in [1.807, 2.05) is 12.3 Å². The van der Waals surface area contributed by atoms with Crippen molar-refractivity contribution in [1.29, 1.82) is 0 Å². The summed E-state index contributed by atoms with van der Waals surface area (Å²) in [5.41, 5.74) is 0.0968. The number of nitrogens with zero attached hydrogens (tertiary/aromatic N) is 2. The maximum atomic E-state index is 9.93. The van der Waals surface area contributed by atoms with Gasteiger partial charge in [-0.1, -0.05) is 19.9 Å². The first-order chi connectivity index (χ1) is 9.08. The molecule has 0 aliphatic rings. The molecule has 4 nitrogen and oxygen atoms in total. The molecule has 0 aliphatic heterocycles. The van der Waals surface area contributed by atoms with Crippen molar-refractivity contribution in [2.75, 3.05) is 13.1 Å². The number of aliphatic hydroxyl groups excluding tert-OH is 1. The minimum absolute atomic E-state index is 0.0968. The third-order valence-electron chi connectivity index (χ3n) is 3.09. The van der Waals surface area contributed by atoms with Crippen LogP contribution in [-0.4, -0.2) is 34.1 Å². The smallest absolute Gasteiger partial charge is 0.0860 e. The molecule has 0 spiro atoms. The molecule has 0 fully saturated rings. The second-order valence-electron chi connectivity index (χ2n) is 5.37. The fraction of sp³-hybridized carbons (Fsp3) is 0.500. The fourth-order valence-electron chi connectivity index (χ4n) is 1.99. The van der Waals surface area contributed by atoms with E-state index in [1.54, 1.807) is 22.2 Å². The van der Waals surface area contributed by atoms with Gasteiger partial charge in [-0.2, -0.15) is 5.10 Å². The summed E-state index contributed by atoms with van der Waals surface area (Å²) < 4.78 is 1.75. The maximum Gasteiger partial charge on any atom is 0.0860 e. The lowest BCUT2D eigenvalue weighted by molar-refractivity contribution is 0.145. The first-order valence-corrected chi connectivity index (χ1v) is 7.36. The zero-order valence-corrected chi connectivity index (χ0v) is 12.2. The van der Waals surface area contributed by atoms with Crippen LogP contribution in [-0.2, 0) is 12.0 Å². The predicted molar refractivity (Wildman–Crippen MR) is 78.4 cm³/mol. The molecule has 19 heavy (non-hydrogen) atoms. The SMILES string of the molecule is CC(C)(CNCC(O)Cn1cccn1)c1cccs1. The number of rotatable bonds is 7. The van der Waals surface area contributed by atoms with E-state index in [1.165, 1.54) is 4.88 Å². The minimum Gasteiger partial charge on any atom is -0.390 e. The van der Waals surface area contributed by atoms with Crippen molar-refractivity contribution in [2.24, 2.45) is 0 Å². The second kappa shape index (κ2) is 6.32. The van der Waals surface area contributed by atoms with E-state index >= 15 is 0 Å². The highest BCUT2D eigenvalue weighted by Crippen LogP contribution is 2.26. The Kier molecular flexibility index (Phi) is 4.74. The zero-order valence-electron chi connectivity index (χ0n) is 11.4. The third-order valence-corrected chi connectivity index (χ3v) is 4.33.